The van der Waals surface area contributed by atoms with Crippen molar-refractivity contribution in [1.82, 2.24) is 15.2 Å². The van der Waals surface area contributed by atoms with Gasteiger partial charge in [-0.2, -0.15) is 0 Å². The maximum absolute atomic E-state index is 12.9. The summed E-state index contributed by atoms with van der Waals surface area (Å²) in [4.78, 5) is 39.7. The first-order chi connectivity index (χ1) is 15.9. The van der Waals surface area contributed by atoms with Gasteiger partial charge in [-0.05, 0) is 41.8 Å². The van der Waals surface area contributed by atoms with Crippen LogP contribution in [0.3, 0.4) is 0 Å². The number of fused-ring (bicyclic) bond motifs is 1. The normalized spacial score (nSPS) is 17.2. The van der Waals surface area contributed by atoms with Gasteiger partial charge in [0, 0.05) is 19.6 Å². The fraction of sp³-hybridized carbons (Fsp3) is 0.348. The minimum Gasteiger partial charge on any atom is -0.482 e. The number of hydrogen-bond acceptors (Lipinski definition) is 7. The van der Waals surface area contributed by atoms with E-state index in [-0.39, 0.29) is 12.3 Å². The van der Waals surface area contributed by atoms with Crippen LogP contribution in [0.2, 0.25) is 0 Å². The molecule has 1 aliphatic rings. The smallest absolute Gasteiger partial charge is 0.417 e. The van der Waals surface area contributed by atoms with Crippen LogP contribution in [0, 0.1) is 0 Å². The highest BCUT2D eigenvalue weighted by molar-refractivity contribution is 5.81. The number of carbonyl (C=O) groups excluding carboxylic acids is 1. The van der Waals surface area contributed by atoms with Gasteiger partial charge in [0.05, 0.1) is 24.1 Å². The Kier molecular flexibility index (Phi) is 6.76. The number of aromatic nitrogens is 1. The number of likely N-dealkylation sites (tertiary alicyclic amines) is 1. The van der Waals surface area contributed by atoms with E-state index in [1.54, 1.807) is 36.4 Å². The van der Waals surface area contributed by atoms with Gasteiger partial charge in [0.1, 0.15) is 5.75 Å². The molecule has 1 aromatic heterocycles. The minimum absolute atomic E-state index is 0.0947. The summed E-state index contributed by atoms with van der Waals surface area (Å²) in [5, 5.41) is 21.8. The number of oxazole rings is 1. The summed E-state index contributed by atoms with van der Waals surface area (Å²) >= 11 is 0. The summed E-state index contributed by atoms with van der Waals surface area (Å²) in [6, 6.07) is 11.6. The van der Waals surface area contributed by atoms with Crippen molar-refractivity contribution in [3.05, 3.63) is 64.1 Å². The number of benzene rings is 2. The molecule has 3 aromatic rings. The van der Waals surface area contributed by atoms with E-state index in [0.717, 1.165) is 5.56 Å². The molecule has 0 saturated carbocycles. The van der Waals surface area contributed by atoms with Crippen molar-refractivity contribution in [3.8, 4) is 5.75 Å². The minimum atomic E-state index is -1.08. The van der Waals surface area contributed by atoms with E-state index in [9.17, 15) is 19.5 Å². The molecule has 1 unspecified atom stereocenters. The summed E-state index contributed by atoms with van der Waals surface area (Å²) in [7, 11) is 0. The average molecular weight is 455 g/mol. The molecular weight excluding hydrogens is 430 g/mol. The number of nitrogens with zero attached hydrogens (tertiary/aromatic N) is 1. The zero-order chi connectivity index (χ0) is 23.4. The Hall–Kier alpha value is -3.63. The Labute approximate surface area is 188 Å². The number of aliphatic carboxylic acids is 1. The fourth-order valence-electron chi connectivity index (χ4n) is 3.98. The summed E-state index contributed by atoms with van der Waals surface area (Å²) < 4.78 is 10.3. The summed E-state index contributed by atoms with van der Waals surface area (Å²) in [6.45, 7) is 1.26. The van der Waals surface area contributed by atoms with Crippen molar-refractivity contribution >= 4 is 23.0 Å². The van der Waals surface area contributed by atoms with Gasteiger partial charge in [0.25, 0.3) is 0 Å². The molecule has 33 heavy (non-hydrogen) atoms. The summed E-state index contributed by atoms with van der Waals surface area (Å²) in [5.74, 6) is -1.46. The van der Waals surface area contributed by atoms with Crippen LogP contribution in [-0.4, -0.2) is 64.3 Å². The predicted molar refractivity (Wildman–Crippen MR) is 118 cm³/mol. The third-order valence-electron chi connectivity index (χ3n) is 5.49. The second kappa shape index (κ2) is 9.88. The number of nitrogens with one attached hydrogen (secondary N) is 2. The van der Waals surface area contributed by atoms with E-state index in [0.29, 0.717) is 48.5 Å². The van der Waals surface area contributed by atoms with Crippen molar-refractivity contribution < 1.29 is 29.0 Å². The number of aliphatic hydroxyl groups excluding tert-OH is 1. The monoisotopic (exact) mass is 455 g/mol. The molecular formula is C23H25N3O7. The van der Waals surface area contributed by atoms with Gasteiger partial charge in [-0.1, -0.05) is 18.2 Å². The van der Waals surface area contributed by atoms with Crippen LogP contribution in [-0.2, 0) is 16.0 Å². The predicted octanol–water partition coefficient (Wildman–Crippen LogP) is 1.05. The van der Waals surface area contributed by atoms with Crippen molar-refractivity contribution in [2.75, 3.05) is 26.2 Å². The lowest BCUT2D eigenvalue weighted by Crippen LogP contribution is -2.38. The van der Waals surface area contributed by atoms with Crippen molar-refractivity contribution in [3.63, 3.8) is 0 Å². The number of carbonyl (C=O) groups is 2. The topological polar surface area (TPSA) is 145 Å². The van der Waals surface area contributed by atoms with Gasteiger partial charge >= 0.3 is 11.7 Å². The highest BCUT2D eigenvalue weighted by Crippen LogP contribution is 2.23. The molecule has 10 heteroatoms. The number of hydrogen-bond donors (Lipinski definition) is 4. The molecule has 4 rings (SSSR count). The third kappa shape index (κ3) is 5.99. The Morgan fingerprint density at radius 3 is 2.88 bits per heavy atom. The zero-order valence-corrected chi connectivity index (χ0v) is 17.8. The Bertz CT molecular complexity index is 1200. The number of carboxylic acids is 1. The van der Waals surface area contributed by atoms with E-state index in [2.05, 4.69) is 15.2 Å². The lowest BCUT2D eigenvalue weighted by molar-refractivity contribution is -0.139. The summed E-state index contributed by atoms with van der Waals surface area (Å²) in [5.41, 5.74) is 2.43. The van der Waals surface area contributed by atoms with E-state index in [1.807, 2.05) is 6.07 Å². The van der Waals surface area contributed by atoms with Crippen LogP contribution in [0.15, 0.2) is 51.7 Å². The molecule has 0 aliphatic carbocycles. The lowest BCUT2D eigenvalue weighted by atomic mass is 10.0. The molecule has 0 radical (unpaired) electrons. The van der Waals surface area contributed by atoms with Crippen molar-refractivity contribution in [2.24, 2.45) is 0 Å². The van der Waals surface area contributed by atoms with E-state index in [1.165, 1.54) is 0 Å². The van der Waals surface area contributed by atoms with Crippen LogP contribution in [0.25, 0.3) is 11.1 Å². The van der Waals surface area contributed by atoms with Crippen LogP contribution < -0.4 is 15.8 Å². The van der Waals surface area contributed by atoms with Gasteiger partial charge in [-0.15, -0.1) is 0 Å². The number of H-pyrrole nitrogens is 1. The molecule has 0 spiro atoms. The van der Waals surface area contributed by atoms with Crippen LogP contribution in [0.1, 0.15) is 23.6 Å². The highest BCUT2D eigenvalue weighted by atomic mass is 16.5. The molecule has 4 N–H and O–H groups in total. The zero-order valence-electron chi connectivity index (χ0n) is 17.8. The first kappa shape index (κ1) is 22.6. The largest absolute Gasteiger partial charge is 0.482 e. The number of aromatic amines is 1. The SMILES string of the molecule is O=C(O)COc1cccc(C(CN2CC[C@H](O)C2)NC(=O)Cc2ccc3oc(=O)[nH]c3c2)c1. The molecule has 1 aliphatic heterocycles. The van der Waals surface area contributed by atoms with E-state index in [4.69, 9.17) is 14.3 Å². The van der Waals surface area contributed by atoms with Crippen LogP contribution in [0.5, 0.6) is 5.75 Å². The highest BCUT2D eigenvalue weighted by Gasteiger charge is 2.25. The molecule has 1 amide bonds. The second-order valence-corrected chi connectivity index (χ2v) is 8.10. The number of aliphatic hydroxyl groups is 1. The second-order valence-electron chi connectivity index (χ2n) is 8.10. The standard InChI is InChI=1S/C23H25N3O7/c27-16-6-7-26(11-16)12-19(15-2-1-3-17(10-15)32-13-22(29)30)24-21(28)9-14-4-5-20-18(8-14)25-23(31)33-20/h1-5,8,10,16,19,27H,6-7,9,11-13H2,(H,24,28)(H,25,31)(H,29,30)/t16-,19?/m0/s1. The molecule has 174 valence electrons. The number of rotatable bonds is 9. The third-order valence-corrected chi connectivity index (χ3v) is 5.49. The molecule has 1 saturated heterocycles. The van der Waals surface area contributed by atoms with Gasteiger partial charge < -0.3 is 24.7 Å². The maximum Gasteiger partial charge on any atom is 0.417 e. The maximum atomic E-state index is 12.9. The van der Waals surface area contributed by atoms with Gasteiger partial charge in [-0.3, -0.25) is 14.7 Å². The Morgan fingerprint density at radius 1 is 1.27 bits per heavy atom. The number of carboxylic acid groups (broad SMARTS) is 1. The van der Waals surface area contributed by atoms with Crippen molar-refractivity contribution in [1.29, 1.82) is 0 Å². The van der Waals surface area contributed by atoms with E-state index < -0.39 is 30.5 Å². The van der Waals surface area contributed by atoms with Crippen molar-refractivity contribution in [2.45, 2.75) is 25.0 Å². The number of amides is 1. The molecule has 10 nitrogen and oxygen atoms in total. The lowest BCUT2D eigenvalue weighted by Gasteiger charge is -2.25. The Morgan fingerprint density at radius 2 is 2.12 bits per heavy atom. The first-order valence-corrected chi connectivity index (χ1v) is 10.6. The summed E-state index contributed by atoms with van der Waals surface area (Å²) in [6.07, 6.45) is 0.374. The van der Waals surface area contributed by atoms with Crippen LogP contribution in [0.4, 0.5) is 0 Å². The Balaban J connectivity index is 1.49. The van der Waals surface area contributed by atoms with Gasteiger partial charge in [-0.25, -0.2) is 9.59 Å². The molecule has 0 bridgehead atoms. The molecule has 2 heterocycles. The van der Waals surface area contributed by atoms with Crippen LogP contribution >= 0.6 is 0 Å². The quantitative estimate of drug-likeness (QED) is 0.375. The number of β-amino-alcohol motifs (C(OH)–C–C–N with tert-alkyl or cyclic N) is 1. The number of ether oxygens (including phenoxy) is 1. The molecule has 2 atom stereocenters. The first-order valence-electron chi connectivity index (χ1n) is 10.6. The fourth-order valence-corrected chi connectivity index (χ4v) is 3.98. The van der Waals surface area contributed by atoms with Gasteiger partial charge in [0.2, 0.25) is 5.91 Å². The van der Waals surface area contributed by atoms with E-state index >= 15 is 0 Å². The average Bonchev–Trinajstić information content (AvgIpc) is 3.35. The molecule has 2 aromatic carbocycles. The molecule has 1 fully saturated rings. The van der Waals surface area contributed by atoms with Gasteiger partial charge in [0.15, 0.2) is 12.2 Å².